The Morgan fingerprint density at radius 1 is 1.28 bits per heavy atom. The van der Waals surface area contributed by atoms with Crippen LogP contribution in [-0.2, 0) is 0 Å². The molecule has 4 heteroatoms. The maximum Gasteiger partial charge on any atom is 0.122 e. The molecule has 18 heavy (non-hydrogen) atoms. The van der Waals surface area contributed by atoms with Crippen molar-refractivity contribution in [1.29, 1.82) is 5.26 Å². The SMILES string of the molecule is CCCN(CCN(C)C)CC(C#N)(NC)C1CC1. The lowest BCUT2D eigenvalue weighted by Crippen LogP contribution is -2.54. The van der Waals surface area contributed by atoms with E-state index >= 15 is 0 Å². The van der Waals surface area contributed by atoms with Crippen LogP contribution >= 0.6 is 0 Å². The molecule has 104 valence electrons. The lowest BCUT2D eigenvalue weighted by Gasteiger charge is -2.33. The van der Waals surface area contributed by atoms with Crippen LogP contribution in [0, 0.1) is 17.2 Å². The molecule has 1 aliphatic carbocycles. The van der Waals surface area contributed by atoms with E-state index < -0.39 is 0 Å². The summed E-state index contributed by atoms with van der Waals surface area (Å²) in [7, 11) is 6.12. The van der Waals surface area contributed by atoms with Crippen LogP contribution in [0.2, 0.25) is 0 Å². The number of rotatable bonds is 9. The van der Waals surface area contributed by atoms with E-state index in [2.05, 4.69) is 42.2 Å². The fourth-order valence-corrected chi connectivity index (χ4v) is 2.45. The van der Waals surface area contributed by atoms with Gasteiger partial charge in [-0.2, -0.15) is 5.26 Å². The molecule has 0 aliphatic heterocycles. The summed E-state index contributed by atoms with van der Waals surface area (Å²) >= 11 is 0. The second-order valence-corrected chi connectivity index (χ2v) is 5.69. The van der Waals surface area contributed by atoms with Crippen molar-refractivity contribution in [1.82, 2.24) is 15.1 Å². The van der Waals surface area contributed by atoms with Gasteiger partial charge in [-0.05, 0) is 52.9 Å². The van der Waals surface area contributed by atoms with Crippen molar-refractivity contribution >= 4 is 0 Å². The molecule has 1 aliphatic rings. The van der Waals surface area contributed by atoms with Crippen LogP contribution in [0.25, 0.3) is 0 Å². The van der Waals surface area contributed by atoms with Crippen LogP contribution in [-0.4, -0.2) is 62.7 Å². The molecule has 4 nitrogen and oxygen atoms in total. The Bertz CT molecular complexity index is 280. The molecule has 1 atom stereocenters. The average molecular weight is 252 g/mol. The highest BCUT2D eigenvalue weighted by atomic mass is 15.2. The third-order valence-corrected chi connectivity index (χ3v) is 3.80. The Hall–Kier alpha value is -0.630. The fraction of sp³-hybridized carbons (Fsp3) is 0.929. The molecular weight excluding hydrogens is 224 g/mol. The zero-order chi connectivity index (χ0) is 13.6. The van der Waals surface area contributed by atoms with E-state index in [1.165, 1.54) is 12.8 Å². The maximum atomic E-state index is 9.53. The van der Waals surface area contributed by atoms with Crippen molar-refractivity contribution < 1.29 is 0 Å². The van der Waals surface area contributed by atoms with Gasteiger partial charge in [0.05, 0.1) is 6.07 Å². The Morgan fingerprint density at radius 2 is 1.94 bits per heavy atom. The molecule has 1 unspecified atom stereocenters. The van der Waals surface area contributed by atoms with Crippen molar-refractivity contribution in [3.05, 3.63) is 0 Å². The molecule has 0 radical (unpaired) electrons. The summed E-state index contributed by atoms with van der Waals surface area (Å²) in [5.74, 6) is 0.547. The second kappa shape index (κ2) is 7.08. The van der Waals surface area contributed by atoms with Crippen molar-refractivity contribution in [3.63, 3.8) is 0 Å². The average Bonchev–Trinajstić information content (AvgIpc) is 3.17. The second-order valence-electron chi connectivity index (χ2n) is 5.69. The highest BCUT2D eigenvalue weighted by Gasteiger charge is 2.45. The van der Waals surface area contributed by atoms with Gasteiger partial charge in [-0.3, -0.25) is 4.90 Å². The lowest BCUT2D eigenvalue weighted by atomic mass is 9.94. The summed E-state index contributed by atoms with van der Waals surface area (Å²) in [6.07, 6.45) is 3.54. The van der Waals surface area contributed by atoms with Gasteiger partial charge in [0.15, 0.2) is 0 Å². The summed E-state index contributed by atoms with van der Waals surface area (Å²) in [4.78, 5) is 4.63. The fourth-order valence-electron chi connectivity index (χ4n) is 2.45. The van der Waals surface area contributed by atoms with Gasteiger partial charge in [-0.25, -0.2) is 0 Å². The van der Waals surface area contributed by atoms with Gasteiger partial charge in [-0.15, -0.1) is 0 Å². The summed E-state index contributed by atoms with van der Waals surface area (Å²) < 4.78 is 0. The standard InChI is InChI=1S/C14H28N4/c1-5-8-18(10-9-17(3)4)12-14(11-15,16-2)13-6-7-13/h13,16H,5-10,12H2,1-4H3. The van der Waals surface area contributed by atoms with Crippen LogP contribution in [0.15, 0.2) is 0 Å². The van der Waals surface area contributed by atoms with Gasteiger partial charge in [-0.1, -0.05) is 6.92 Å². The zero-order valence-corrected chi connectivity index (χ0v) is 12.4. The first kappa shape index (κ1) is 15.4. The Kier molecular flexibility index (Phi) is 6.07. The highest BCUT2D eigenvalue weighted by molar-refractivity contribution is 5.16. The molecule has 1 saturated carbocycles. The van der Waals surface area contributed by atoms with Gasteiger partial charge in [0.2, 0.25) is 0 Å². The van der Waals surface area contributed by atoms with E-state index in [0.29, 0.717) is 5.92 Å². The smallest absolute Gasteiger partial charge is 0.122 e. The summed E-state index contributed by atoms with van der Waals surface area (Å²) in [6.45, 7) is 6.22. The minimum absolute atomic E-state index is 0.332. The van der Waals surface area contributed by atoms with Gasteiger partial charge >= 0.3 is 0 Å². The molecule has 0 heterocycles. The van der Waals surface area contributed by atoms with Gasteiger partial charge in [0.25, 0.3) is 0 Å². The Labute approximate surface area is 112 Å². The van der Waals surface area contributed by atoms with E-state index in [9.17, 15) is 5.26 Å². The first-order valence-electron chi connectivity index (χ1n) is 7.05. The number of nitrogens with zero attached hydrogens (tertiary/aromatic N) is 3. The number of nitriles is 1. The van der Waals surface area contributed by atoms with E-state index in [4.69, 9.17) is 0 Å². The molecule has 1 N–H and O–H groups in total. The Morgan fingerprint density at radius 3 is 2.33 bits per heavy atom. The third-order valence-electron chi connectivity index (χ3n) is 3.80. The molecule has 0 bridgehead atoms. The summed E-state index contributed by atoms with van der Waals surface area (Å²) in [5.41, 5.74) is -0.332. The number of hydrogen-bond donors (Lipinski definition) is 1. The monoisotopic (exact) mass is 252 g/mol. The number of nitrogens with one attached hydrogen (secondary N) is 1. The van der Waals surface area contributed by atoms with Gasteiger partial charge in [0.1, 0.15) is 5.54 Å². The minimum atomic E-state index is -0.332. The van der Waals surface area contributed by atoms with Crippen LogP contribution in [0.3, 0.4) is 0 Å². The molecule has 0 amide bonds. The quantitative estimate of drug-likeness (QED) is 0.668. The molecule has 0 aromatic carbocycles. The highest BCUT2D eigenvalue weighted by Crippen LogP contribution is 2.39. The third kappa shape index (κ3) is 4.24. The van der Waals surface area contributed by atoms with Gasteiger partial charge in [0, 0.05) is 19.6 Å². The molecule has 0 aromatic heterocycles. The minimum Gasteiger partial charge on any atom is -0.308 e. The summed E-state index contributed by atoms with van der Waals surface area (Å²) in [6, 6.07) is 2.54. The van der Waals surface area contributed by atoms with Crippen molar-refractivity contribution in [3.8, 4) is 6.07 Å². The lowest BCUT2D eigenvalue weighted by molar-refractivity contribution is 0.186. The van der Waals surface area contributed by atoms with E-state index in [1.54, 1.807) is 0 Å². The predicted molar refractivity (Wildman–Crippen MR) is 75.4 cm³/mol. The molecule has 0 spiro atoms. The Balaban J connectivity index is 2.59. The number of likely N-dealkylation sites (N-methyl/N-ethyl adjacent to an activating group) is 2. The molecule has 0 saturated heterocycles. The number of hydrogen-bond acceptors (Lipinski definition) is 4. The van der Waals surface area contributed by atoms with E-state index in [0.717, 1.165) is 32.6 Å². The van der Waals surface area contributed by atoms with Gasteiger partial charge < -0.3 is 10.2 Å². The summed E-state index contributed by atoms with van der Waals surface area (Å²) in [5, 5.41) is 12.8. The van der Waals surface area contributed by atoms with Crippen LogP contribution < -0.4 is 5.32 Å². The molecule has 1 fully saturated rings. The van der Waals surface area contributed by atoms with Crippen molar-refractivity contribution in [2.75, 3.05) is 47.3 Å². The van der Waals surface area contributed by atoms with E-state index in [1.807, 2.05) is 7.05 Å². The largest absolute Gasteiger partial charge is 0.308 e. The van der Waals surface area contributed by atoms with E-state index in [-0.39, 0.29) is 5.54 Å². The first-order chi connectivity index (χ1) is 8.57. The molecular formula is C14H28N4. The topological polar surface area (TPSA) is 42.3 Å². The normalized spacial score (nSPS) is 18.9. The zero-order valence-electron chi connectivity index (χ0n) is 12.4. The molecule has 1 rings (SSSR count). The predicted octanol–water partition coefficient (Wildman–Crippen LogP) is 1.15. The first-order valence-corrected chi connectivity index (χ1v) is 7.05. The van der Waals surface area contributed by atoms with Crippen LogP contribution in [0.4, 0.5) is 0 Å². The van der Waals surface area contributed by atoms with Crippen molar-refractivity contribution in [2.24, 2.45) is 5.92 Å². The van der Waals surface area contributed by atoms with Crippen LogP contribution in [0.1, 0.15) is 26.2 Å². The molecule has 0 aromatic rings. The van der Waals surface area contributed by atoms with Crippen molar-refractivity contribution in [2.45, 2.75) is 31.7 Å². The van der Waals surface area contributed by atoms with Crippen LogP contribution in [0.5, 0.6) is 0 Å². The maximum absolute atomic E-state index is 9.53.